The molecule has 1 heterocycles. The number of hydrogen-bond acceptors (Lipinski definition) is 5. The maximum atomic E-state index is 13.8. The number of hydrogen-bond donors (Lipinski definition) is 1. The first-order valence-corrected chi connectivity index (χ1v) is 11.1. The second-order valence-corrected chi connectivity index (χ2v) is 7.92. The van der Waals surface area contributed by atoms with E-state index in [-0.39, 0.29) is 5.82 Å². The van der Waals surface area contributed by atoms with Gasteiger partial charge in [0.05, 0.1) is 29.7 Å². The molecule has 7 heteroatoms. The Morgan fingerprint density at radius 2 is 2.00 bits per heavy atom. The Bertz CT molecular complexity index is 1020. The summed E-state index contributed by atoms with van der Waals surface area (Å²) in [4.78, 5) is 2.12. The van der Waals surface area contributed by atoms with E-state index < -0.39 is 6.10 Å². The van der Waals surface area contributed by atoms with Crippen LogP contribution < -0.4 is 4.74 Å². The van der Waals surface area contributed by atoms with Crippen LogP contribution in [0.4, 0.5) is 4.39 Å². The standard InChI is InChI=1S/C26H32FN3O3/c1-4-5-13-23(31)18-29(15-16-32-3)19-25-20(2)28-30(22-11-7-6-8-12-22)26(25)33-24-14-9-10-21(27)17-24/h4,6-12,14,17,23,31H,1,5,13,15-16,18-19H2,2-3H3. The molecule has 33 heavy (non-hydrogen) atoms. The molecule has 0 fully saturated rings. The van der Waals surface area contributed by atoms with E-state index >= 15 is 0 Å². The third kappa shape index (κ3) is 6.99. The predicted molar refractivity (Wildman–Crippen MR) is 127 cm³/mol. The minimum absolute atomic E-state index is 0.372. The van der Waals surface area contributed by atoms with Gasteiger partial charge in [-0.1, -0.05) is 30.3 Å². The molecule has 0 spiro atoms. The molecule has 176 valence electrons. The smallest absolute Gasteiger partial charge is 0.227 e. The van der Waals surface area contributed by atoms with Crippen LogP contribution in [0.15, 0.2) is 67.3 Å². The number of aliphatic hydroxyl groups is 1. The fourth-order valence-electron chi connectivity index (χ4n) is 3.59. The molecular formula is C26H32FN3O3. The zero-order chi connectivity index (χ0) is 23.6. The molecule has 0 radical (unpaired) electrons. The number of aromatic nitrogens is 2. The molecule has 0 aliphatic heterocycles. The van der Waals surface area contributed by atoms with Crippen LogP contribution >= 0.6 is 0 Å². The lowest BCUT2D eigenvalue weighted by atomic mass is 10.1. The molecule has 2 aromatic carbocycles. The summed E-state index contributed by atoms with van der Waals surface area (Å²) in [6, 6.07) is 15.7. The molecule has 0 bridgehead atoms. The van der Waals surface area contributed by atoms with Crippen LogP contribution in [0.2, 0.25) is 0 Å². The first-order chi connectivity index (χ1) is 16.0. The lowest BCUT2D eigenvalue weighted by molar-refractivity contribution is 0.0804. The normalized spacial score (nSPS) is 12.2. The third-order valence-electron chi connectivity index (χ3n) is 5.31. The molecule has 3 aromatic rings. The molecule has 0 saturated carbocycles. The molecule has 1 unspecified atom stereocenters. The number of para-hydroxylation sites is 1. The van der Waals surface area contributed by atoms with Gasteiger partial charge in [0, 0.05) is 32.8 Å². The molecule has 0 aliphatic rings. The Labute approximate surface area is 194 Å². The molecule has 0 saturated heterocycles. The fourth-order valence-corrected chi connectivity index (χ4v) is 3.59. The third-order valence-corrected chi connectivity index (χ3v) is 5.31. The van der Waals surface area contributed by atoms with E-state index in [0.717, 1.165) is 23.4 Å². The monoisotopic (exact) mass is 453 g/mol. The summed E-state index contributed by atoms with van der Waals surface area (Å²) in [5.74, 6) is 0.540. The van der Waals surface area contributed by atoms with E-state index in [9.17, 15) is 9.50 Å². The van der Waals surface area contributed by atoms with Gasteiger partial charge in [-0.15, -0.1) is 6.58 Å². The predicted octanol–water partition coefficient (Wildman–Crippen LogP) is 4.89. The summed E-state index contributed by atoms with van der Waals surface area (Å²) in [5.41, 5.74) is 2.51. The van der Waals surface area contributed by atoms with Crippen molar-refractivity contribution in [3.05, 3.63) is 84.3 Å². The van der Waals surface area contributed by atoms with E-state index in [1.165, 1.54) is 12.1 Å². The highest BCUT2D eigenvalue weighted by Crippen LogP contribution is 2.32. The Morgan fingerprint density at radius 1 is 1.21 bits per heavy atom. The van der Waals surface area contributed by atoms with Crippen molar-refractivity contribution < 1.29 is 19.0 Å². The van der Waals surface area contributed by atoms with Crippen LogP contribution in [-0.4, -0.2) is 52.7 Å². The van der Waals surface area contributed by atoms with Gasteiger partial charge in [-0.3, -0.25) is 4.90 Å². The van der Waals surface area contributed by atoms with Gasteiger partial charge in [0.15, 0.2) is 0 Å². The molecular weight excluding hydrogens is 421 g/mol. The molecule has 1 N–H and O–H groups in total. The number of aryl methyl sites for hydroxylation is 1. The molecule has 1 atom stereocenters. The lowest BCUT2D eigenvalue weighted by Crippen LogP contribution is -2.34. The minimum Gasteiger partial charge on any atom is -0.438 e. The van der Waals surface area contributed by atoms with E-state index in [2.05, 4.69) is 11.5 Å². The lowest BCUT2D eigenvalue weighted by Gasteiger charge is -2.25. The van der Waals surface area contributed by atoms with E-state index in [0.29, 0.717) is 44.3 Å². The average molecular weight is 454 g/mol. The van der Waals surface area contributed by atoms with Crippen LogP contribution in [0.3, 0.4) is 0 Å². The molecule has 0 amide bonds. The summed E-state index contributed by atoms with van der Waals surface area (Å²) in [7, 11) is 1.66. The number of benzene rings is 2. The topological polar surface area (TPSA) is 59.8 Å². The molecule has 6 nitrogen and oxygen atoms in total. The first kappa shape index (κ1) is 24.6. The van der Waals surface area contributed by atoms with Crippen molar-refractivity contribution in [1.82, 2.24) is 14.7 Å². The summed E-state index contributed by atoms with van der Waals surface area (Å²) >= 11 is 0. The van der Waals surface area contributed by atoms with Crippen molar-refractivity contribution >= 4 is 0 Å². The van der Waals surface area contributed by atoms with Crippen molar-refractivity contribution in [3.8, 4) is 17.3 Å². The first-order valence-electron chi connectivity index (χ1n) is 11.1. The zero-order valence-electron chi connectivity index (χ0n) is 19.3. The van der Waals surface area contributed by atoms with Crippen LogP contribution in [0.25, 0.3) is 5.69 Å². The van der Waals surface area contributed by atoms with Crippen LogP contribution in [0.1, 0.15) is 24.1 Å². The largest absolute Gasteiger partial charge is 0.438 e. The summed E-state index contributed by atoms with van der Waals surface area (Å²) in [6.45, 7) is 7.80. The van der Waals surface area contributed by atoms with Crippen molar-refractivity contribution in [2.45, 2.75) is 32.4 Å². The van der Waals surface area contributed by atoms with Gasteiger partial charge in [-0.2, -0.15) is 5.10 Å². The number of aliphatic hydroxyl groups excluding tert-OH is 1. The number of ether oxygens (including phenoxy) is 2. The van der Waals surface area contributed by atoms with Gasteiger partial charge in [0.2, 0.25) is 5.88 Å². The maximum Gasteiger partial charge on any atom is 0.227 e. The van der Waals surface area contributed by atoms with Crippen LogP contribution in [0.5, 0.6) is 11.6 Å². The van der Waals surface area contributed by atoms with E-state index in [1.807, 2.05) is 43.3 Å². The molecule has 1 aromatic heterocycles. The SMILES string of the molecule is C=CCCC(O)CN(CCOC)Cc1c(C)nn(-c2ccccc2)c1Oc1cccc(F)c1. The highest BCUT2D eigenvalue weighted by Gasteiger charge is 2.22. The van der Waals surface area contributed by atoms with E-state index in [4.69, 9.17) is 14.6 Å². The number of rotatable bonds is 13. The fraction of sp³-hybridized carbons (Fsp3) is 0.346. The van der Waals surface area contributed by atoms with Crippen LogP contribution in [-0.2, 0) is 11.3 Å². The molecule has 3 rings (SSSR count). The number of methoxy groups -OCH3 is 1. The summed E-state index contributed by atoms with van der Waals surface area (Å²) in [5, 5.41) is 15.2. The number of allylic oxidation sites excluding steroid dienone is 1. The average Bonchev–Trinajstić information content (AvgIpc) is 3.11. The Morgan fingerprint density at radius 3 is 2.70 bits per heavy atom. The van der Waals surface area contributed by atoms with Crippen molar-refractivity contribution in [3.63, 3.8) is 0 Å². The summed E-state index contributed by atoms with van der Waals surface area (Å²) < 4.78 is 27.1. The Kier molecular flexibility index (Phi) is 9.18. The van der Waals surface area contributed by atoms with Crippen molar-refractivity contribution in [2.24, 2.45) is 0 Å². The van der Waals surface area contributed by atoms with Gasteiger partial charge in [-0.05, 0) is 44.0 Å². The van der Waals surface area contributed by atoms with Gasteiger partial charge in [0.25, 0.3) is 0 Å². The maximum absolute atomic E-state index is 13.8. The van der Waals surface area contributed by atoms with Crippen molar-refractivity contribution in [1.29, 1.82) is 0 Å². The second kappa shape index (κ2) is 12.3. The second-order valence-electron chi connectivity index (χ2n) is 7.92. The van der Waals surface area contributed by atoms with Gasteiger partial charge in [0.1, 0.15) is 11.6 Å². The molecule has 0 aliphatic carbocycles. The van der Waals surface area contributed by atoms with E-state index in [1.54, 1.807) is 23.9 Å². The Balaban J connectivity index is 1.96. The zero-order valence-corrected chi connectivity index (χ0v) is 19.3. The minimum atomic E-state index is -0.489. The van der Waals surface area contributed by atoms with Gasteiger partial charge in [-0.25, -0.2) is 9.07 Å². The quantitative estimate of drug-likeness (QED) is 0.374. The Hall–Kier alpha value is -3.00. The highest BCUT2D eigenvalue weighted by atomic mass is 19.1. The van der Waals surface area contributed by atoms with Crippen LogP contribution in [0, 0.1) is 12.7 Å². The van der Waals surface area contributed by atoms with Crippen molar-refractivity contribution in [2.75, 3.05) is 26.8 Å². The highest BCUT2D eigenvalue weighted by molar-refractivity contribution is 5.43. The number of nitrogens with zero attached hydrogens (tertiary/aromatic N) is 3. The summed E-state index contributed by atoms with van der Waals surface area (Å²) in [6.07, 6.45) is 2.71. The van der Waals surface area contributed by atoms with Gasteiger partial charge < -0.3 is 14.6 Å². The van der Waals surface area contributed by atoms with Gasteiger partial charge >= 0.3 is 0 Å². The number of halogens is 1.